The number of hydrogen-bond acceptors (Lipinski definition) is 3. The number of hydrogen-bond donors (Lipinski definition) is 1. The number of rotatable bonds is 2. The number of halogens is 3. The van der Waals surface area contributed by atoms with Crippen LogP contribution in [0.15, 0.2) is 36.4 Å². The first kappa shape index (κ1) is 17.0. The fourth-order valence-electron chi connectivity index (χ4n) is 3.16. The first-order chi connectivity index (χ1) is 12.5. The number of benzene rings is 2. The summed E-state index contributed by atoms with van der Waals surface area (Å²) in [6.45, 7) is 0.396. The molecule has 132 valence electrons. The van der Waals surface area contributed by atoms with Crippen LogP contribution in [0.4, 0.5) is 10.1 Å². The fourth-order valence-corrected chi connectivity index (χ4v) is 3.66. The van der Waals surface area contributed by atoms with Gasteiger partial charge in [0.05, 0.1) is 26.8 Å². The van der Waals surface area contributed by atoms with Crippen LogP contribution in [0.3, 0.4) is 0 Å². The minimum Gasteiger partial charge on any atom is -0.326 e. The average Bonchev–Trinajstić information content (AvgIpc) is 2.95. The monoisotopic (exact) mass is 391 g/mol. The molecule has 1 atom stereocenters. The number of nitrogens with one attached hydrogen (secondary N) is 1. The molecular weight excluding hydrogens is 380 g/mol. The first-order valence-corrected chi connectivity index (χ1v) is 8.64. The molecule has 1 aromatic heterocycles. The van der Waals surface area contributed by atoms with Crippen molar-refractivity contribution in [3.8, 4) is 0 Å². The number of fused-ring (bicyclic) bond motifs is 3. The standard InChI is InChI=1S/C18H12Cl2FN3O2/c19-10-2-1-3-11(20)16(10)23-18(26)15-14(25)6-7-24-13-5-4-9(21)8-12(13)22-17(15)24/h1-5,8,15H,6-7H2,(H,23,26). The highest BCUT2D eigenvalue weighted by atomic mass is 35.5. The second-order valence-electron chi connectivity index (χ2n) is 5.99. The van der Waals surface area contributed by atoms with Gasteiger partial charge in [-0.15, -0.1) is 0 Å². The average molecular weight is 392 g/mol. The molecule has 2 aromatic carbocycles. The Morgan fingerprint density at radius 2 is 1.96 bits per heavy atom. The van der Waals surface area contributed by atoms with Crippen LogP contribution in [-0.2, 0) is 16.1 Å². The number of ketones is 1. The second kappa shape index (κ2) is 6.37. The summed E-state index contributed by atoms with van der Waals surface area (Å²) >= 11 is 12.2. The normalized spacial score (nSPS) is 16.6. The molecule has 8 heteroatoms. The maximum atomic E-state index is 13.5. The van der Waals surface area contributed by atoms with E-state index < -0.39 is 17.6 Å². The van der Waals surface area contributed by atoms with Gasteiger partial charge in [-0.1, -0.05) is 29.3 Å². The van der Waals surface area contributed by atoms with Gasteiger partial charge in [0.25, 0.3) is 0 Å². The van der Waals surface area contributed by atoms with Gasteiger partial charge in [0.15, 0.2) is 11.7 Å². The molecule has 4 rings (SSSR count). The minimum atomic E-state index is -1.11. The lowest BCUT2D eigenvalue weighted by Crippen LogP contribution is -2.34. The number of imidazole rings is 1. The number of carbonyl (C=O) groups is 2. The Balaban J connectivity index is 1.76. The highest BCUT2D eigenvalue weighted by molar-refractivity contribution is 6.40. The molecule has 1 aliphatic heterocycles. The lowest BCUT2D eigenvalue weighted by Gasteiger charge is -2.22. The summed E-state index contributed by atoms with van der Waals surface area (Å²) in [6, 6.07) is 9.03. The van der Waals surface area contributed by atoms with E-state index in [2.05, 4.69) is 10.3 Å². The molecule has 26 heavy (non-hydrogen) atoms. The van der Waals surface area contributed by atoms with E-state index in [0.717, 1.165) is 0 Å². The number of Topliss-reactive ketones (excluding diaryl/α,β-unsaturated/α-hetero) is 1. The Morgan fingerprint density at radius 3 is 2.69 bits per heavy atom. The maximum absolute atomic E-state index is 13.5. The topological polar surface area (TPSA) is 64.0 Å². The Bertz CT molecular complexity index is 1040. The minimum absolute atomic E-state index is 0.185. The number of anilines is 1. The lowest BCUT2D eigenvalue weighted by atomic mass is 9.96. The lowest BCUT2D eigenvalue weighted by molar-refractivity contribution is -0.128. The first-order valence-electron chi connectivity index (χ1n) is 7.89. The van der Waals surface area contributed by atoms with Crippen molar-refractivity contribution in [2.45, 2.75) is 18.9 Å². The van der Waals surface area contributed by atoms with Crippen LogP contribution in [0.2, 0.25) is 10.0 Å². The third-order valence-corrected chi connectivity index (χ3v) is 5.00. The largest absolute Gasteiger partial charge is 0.326 e. The number of aromatic nitrogens is 2. The van der Waals surface area contributed by atoms with Crippen molar-refractivity contribution in [1.29, 1.82) is 0 Å². The molecule has 0 saturated heterocycles. The van der Waals surface area contributed by atoms with Crippen molar-refractivity contribution < 1.29 is 14.0 Å². The van der Waals surface area contributed by atoms with Crippen molar-refractivity contribution in [3.05, 3.63) is 58.1 Å². The molecule has 0 saturated carbocycles. The molecule has 1 amide bonds. The van der Waals surface area contributed by atoms with Crippen molar-refractivity contribution in [2.75, 3.05) is 5.32 Å². The zero-order valence-corrected chi connectivity index (χ0v) is 14.8. The zero-order valence-electron chi connectivity index (χ0n) is 13.3. The summed E-state index contributed by atoms with van der Waals surface area (Å²) in [7, 11) is 0. The molecule has 3 aromatic rings. The van der Waals surface area contributed by atoms with E-state index in [1.165, 1.54) is 12.1 Å². The van der Waals surface area contributed by atoms with Crippen LogP contribution in [0.25, 0.3) is 11.0 Å². The van der Waals surface area contributed by atoms with Gasteiger partial charge in [0.1, 0.15) is 11.6 Å². The van der Waals surface area contributed by atoms with E-state index in [-0.39, 0.29) is 27.9 Å². The van der Waals surface area contributed by atoms with Crippen LogP contribution in [0.5, 0.6) is 0 Å². The van der Waals surface area contributed by atoms with Crippen LogP contribution in [0.1, 0.15) is 18.2 Å². The van der Waals surface area contributed by atoms with Gasteiger partial charge in [-0.2, -0.15) is 0 Å². The number of para-hydroxylation sites is 1. The molecule has 1 unspecified atom stereocenters. The molecule has 0 bridgehead atoms. The summed E-state index contributed by atoms with van der Waals surface area (Å²) < 4.78 is 15.3. The highest BCUT2D eigenvalue weighted by Crippen LogP contribution is 2.33. The molecule has 0 radical (unpaired) electrons. The Labute approximate surface area is 157 Å². The fraction of sp³-hybridized carbons (Fsp3) is 0.167. The molecule has 0 fully saturated rings. The Morgan fingerprint density at radius 1 is 1.23 bits per heavy atom. The smallest absolute Gasteiger partial charge is 0.242 e. The predicted octanol–water partition coefficient (Wildman–Crippen LogP) is 4.18. The van der Waals surface area contributed by atoms with Gasteiger partial charge in [-0.05, 0) is 24.3 Å². The number of amides is 1. The summed E-state index contributed by atoms with van der Waals surface area (Å²) in [5.41, 5.74) is 1.33. The third kappa shape index (κ3) is 2.75. The Kier molecular flexibility index (Phi) is 4.17. The van der Waals surface area contributed by atoms with E-state index in [9.17, 15) is 14.0 Å². The van der Waals surface area contributed by atoms with Gasteiger partial charge in [-0.25, -0.2) is 9.37 Å². The van der Waals surface area contributed by atoms with Gasteiger partial charge < -0.3 is 9.88 Å². The molecule has 0 spiro atoms. The van der Waals surface area contributed by atoms with Crippen molar-refractivity contribution in [2.24, 2.45) is 0 Å². The Hall–Kier alpha value is -2.44. The van der Waals surface area contributed by atoms with E-state index in [1.807, 2.05) is 0 Å². The highest BCUT2D eigenvalue weighted by Gasteiger charge is 2.37. The predicted molar refractivity (Wildman–Crippen MR) is 97.1 cm³/mol. The molecule has 0 aliphatic carbocycles. The summed E-state index contributed by atoms with van der Waals surface area (Å²) in [6.07, 6.45) is 0.185. The zero-order chi connectivity index (χ0) is 18.4. The number of carbonyl (C=O) groups excluding carboxylic acids is 2. The summed E-state index contributed by atoms with van der Waals surface area (Å²) in [5, 5.41) is 3.16. The SMILES string of the molecule is O=C1CCn2c(nc3cc(F)ccc32)C1C(=O)Nc1c(Cl)cccc1Cl. The van der Waals surface area contributed by atoms with Crippen LogP contribution < -0.4 is 5.32 Å². The molecule has 2 heterocycles. The summed E-state index contributed by atoms with van der Waals surface area (Å²) in [5.74, 6) is -2.06. The third-order valence-electron chi connectivity index (χ3n) is 4.37. The molecular formula is C18H12Cl2FN3O2. The second-order valence-corrected chi connectivity index (χ2v) is 6.80. The van der Waals surface area contributed by atoms with Gasteiger partial charge in [0.2, 0.25) is 5.91 Å². The number of nitrogens with zero attached hydrogens (tertiary/aromatic N) is 2. The van der Waals surface area contributed by atoms with E-state index >= 15 is 0 Å². The number of aryl methyl sites for hydroxylation is 1. The maximum Gasteiger partial charge on any atom is 0.242 e. The van der Waals surface area contributed by atoms with Gasteiger partial charge >= 0.3 is 0 Å². The molecule has 5 nitrogen and oxygen atoms in total. The quantitative estimate of drug-likeness (QED) is 0.666. The van der Waals surface area contributed by atoms with Crippen LogP contribution in [-0.4, -0.2) is 21.2 Å². The van der Waals surface area contributed by atoms with Crippen molar-refractivity contribution >= 4 is 51.6 Å². The van der Waals surface area contributed by atoms with Gasteiger partial charge in [-0.3, -0.25) is 9.59 Å². The van der Waals surface area contributed by atoms with E-state index in [4.69, 9.17) is 23.2 Å². The van der Waals surface area contributed by atoms with Crippen molar-refractivity contribution in [3.63, 3.8) is 0 Å². The van der Waals surface area contributed by atoms with Crippen LogP contribution in [0, 0.1) is 5.82 Å². The van der Waals surface area contributed by atoms with Crippen molar-refractivity contribution in [1.82, 2.24) is 9.55 Å². The van der Waals surface area contributed by atoms with E-state index in [0.29, 0.717) is 23.4 Å². The molecule has 1 aliphatic rings. The van der Waals surface area contributed by atoms with Crippen LogP contribution >= 0.6 is 23.2 Å². The van der Waals surface area contributed by atoms with Gasteiger partial charge in [0, 0.05) is 19.0 Å². The molecule has 1 N–H and O–H groups in total. The van der Waals surface area contributed by atoms with E-state index in [1.54, 1.807) is 28.8 Å². The summed E-state index contributed by atoms with van der Waals surface area (Å²) in [4.78, 5) is 29.6.